The van der Waals surface area contributed by atoms with E-state index in [0.29, 0.717) is 19.4 Å². The SMILES string of the molecule is CCCCCC=CCC=CCCCCCCCCOC(COC(=O)CCCCCCCC=CCCCCCCCC)COC(=O)CCCCCCCCCCCCCCCCC. The molecule has 0 rings (SSSR count). The molecule has 0 radical (unpaired) electrons. The van der Waals surface area contributed by atoms with Gasteiger partial charge in [0.15, 0.2) is 0 Å². The first-order chi connectivity index (χ1) is 30.6. The average molecular weight is 871 g/mol. The Kier molecular flexibility index (Phi) is 51.8. The van der Waals surface area contributed by atoms with Gasteiger partial charge in [0.05, 0.1) is 0 Å². The summed E-state index contributed by atoms with van der Waals surface area (Å²) in [4.78, 5) is 25.2. The summed E-state index contributed by atoms with van der Waals surface area (Å²) in [6.07, 6.45) is 64.6. The van der Waals surface area contributed by atoms with Crippen molar-refractivity contribution in [3.05, 3.63) is 36.5 Å². The topological polar surface area (TPSA) is 61.8 Å². The first kappa shape index (κ1) is 60.1. The molecular weight excluding hydrogens is 765 g/mol. The Morgan fingerprint density at radius 1 is 0.339 bits per heavy atom. The smallest absolute Gasteiger partial charge is 0.305 e. The van der Waals surface area contributed by atoms with Crippen LogP contribution in [0.4, 0.5) is 0 Å². The van der Waals surface area contributed by atoms with E-state index in [1.165, 1.54) is 205 Å². The lowest BCUT2D eigenvalue weighted by atomic mass is 10.0. The summed E-state index contributed by atoms with van der Waals surface area (Å²) in [6, 6.07) is 0. The standard InChI is InChI=1S/C57H106O5/c1-4-7-10-13-16-19-22-25-28-31-34-37-40-43-46-49-52-60-55(53-61-56(58)50-47-44-41-38-35-32-29-26-23-20-17-14-11-8-5-2)54-62-57(59)51-48-45-42-39-36-33-30-27-24-21-18-15-12-9-6-3/h16,19,25-26,28-29,55H,4-15,17-18,20-24,27,30-54H2,1-3H3. The van der Waals surface area contributed by atoms with Crippen molar-refractivity contribution >= 4 is 11.9 Å². The number of hydrogen-bond acceptors (Lipinski definition) is 5. The zero-order valence-electron chi connectivity index (χ0n) is 41.9. The molecule has 0 heterocycles. The number of ether oxygens (including phenoxy) is 3. The van der Waals surface area contributed by atoms with E-state index in [1.807, 2.05) is 0 Å². The van der Waals surface area contributed by atoms with Crippen molar-refractivity contribution in [3.63, 3.8) is 0 Å². The molecule has 5 nitrogen and oxygen atoms in total. The predicted octanol–water partition coefficient (Wildman–Crippen LogP) is 18.6. The van der Waals surface area contributed by atoms with Gasteiger partial charge in [-0.1, -0.05) is 237 Å². The highest BCUT2D eigenvalue weighted by atomic mass is 16.6. The van der Waals surface area contributed by atoms with Crippen LogP contribution in [0, 0.1) is 0 Å². The lowest BCUT2D eigenvalue weighted by molar-refractivity contribution is -0.155. The Hall–Kier alpha value is -1.88. The van der Waals surface area contributed by atoms with Crippen LogP contribution in [-0.2, 0) is 23.8 Å². The second-order valence-corrected chi connectivity index (χ2v) is 18.5. The lowest BCUT2D eigenvalue weighted by Gasteiger charge is -2.18. The maximum atomic E-state index is 12.6. The van der Waals surface area contributed by atoms with Gasteiger partial charge in [-0.15, -0.1) is 0 Å². The van der Waals surface area contributed by atoms with E-state index in [9.17, 15) is 9.59 Å². The van der Waals surface area contributed by atoms with Gasteiger partial charge in [-0.05, 0) is 77.0 Å². The van der Waals surface area contributed by atoms with Crippen LogP contribution < -0.4 is 0 Å². The molecule has 0 aliphatic rings. The van der Waals surface area contributed by atoms with Crippen molar-refractivity contribution in [2.45, 2.75) is 297 Å². The molecule has 1 atom stereocenters. The third-order valence-electron chi connectivity index (χ3n) is 12.2. The summed E-state index contributed by atoms with van der Waals surface area (Å²) in [5.74, 6) is -0.337. The summed E-state index contributed by atoms with van der Waals surface area (Å²) in [5, 5.41) is 0. The van der Waals surface area contributed by atoms with E-state index < -0.39 is 6.10 Å². The number of esters is 2. The fourth-order valence-corrected chi connectivity index (χ4v) is 7.98. The van der Waals surface area contributed by atoms with Crippen molar-refractivity contribution in [2.24, 2.45) is 0 Å². The van der Waals surface area contributed by atoms with Crippen LogP contribution in [0.3, 0.4) is 0 Å². The highest BCUT2D eigenvalue weighted by molar-refractivity contribution is 5.69. The van der Waals surface area contributed by atoms with Gasteiger partial charge in [0.25, 0.3) is 0 Å². The predicted molar refractivity (Wildman–Crippen MR) is 270 cm³/mol. The van der Waals surface area contributed by atoms with Gasteiger partial charge in [0.2, 0.25) is 0 Å². The second-order valence-electron chi connectivity index (χ2n) is 18.5. The third-order valence-corrected chi connectivity index (χ3v) is 12.2. The maximum Gasteiger partial charge on any atom is 0.305 e. The fourth-order valence-electron chi connectivity index (χ4n) is 7.98. The molecule has 0 saturated heterocycles. The normalized spacial score (nSPS) is 12.4. The van der Waals surface area contributed by atoms with Crippen LogP contribution in [0.25, 0.3) is 0 Å². The minimum Gasteiger partial charge on any atom is -0.463 e. The molecule has 0 aliphatic heterocycles. The van der Waals surface area contributed by atoms with Crippen molar-refractivity contribution in [2.75, 3.05) is 19.8 Å². The molecule has 0 aromatic heterocycles. The number of carbonyl (C=O) groups is 2. The molecule has 364 valence electrons. The number of rotatable bonds is 51. The van der Waals surface area contributed by atoms with E-state index in [1.54, 1.807) is 0 Å². The van der Waals surface area contributed by atoms with E-state index in [0.717, 1.165) is 51.4 Å². The molecule has 0 bridgehead atoms. The molecule has 1 unspecified atom stereocenters. The van der Waals surface area contributed by atoms with Gasteiger partial charge >= 0.3 is 11.9 Å². The Morgan fingerprint density at radius 2 is 0.613 bits per heavy atom. The molecule has 0 amide bonds. The minimum absolute atomic E-state index is 0.151. The highest BCUT2D eigenvalue weighted by Crippen LogP contribution is 2.15. The monoisotopic (exact) mass is 871 g/mol. The van der Waals surface area contributed by atoms with E-state index >= 15 is 0 Å². The molecular formula is C57H106O5. The molecule has 0 fully saturated rings. The Bertz CT molecular complexity index is 986. The zero-order chi connectivity index (χ0) is 44.9. The molecule has 0 aromatic carbocycles. The quantitative estimate of drug-likeness (QED) is 0.0346. The summed E-state index contributed by atoms with van der Waals surface area (Å²) in [5.41, 5.74) is 0. The molecule has 0 aliphatic carbocycles. The van der Waals surface area contributed by atoms with Gasteiger partial charge in [0.1, 0.15) is 19.3 Å². The first-order valence-electron chi connectivity index (χ1n) is 27.5. The number of carbonyl (C=O) groups excluding carboxylic acids is 2. The summed E-state index contributed by atoms with van der Waals surface area (Å²) >= 11 is 0. The van der Waals surface area contributed by atoms with Gasteiger partial charge in [-0.3, -0.25) is 9.59 Å². The van der Waals surface area contributed by atoms with E-state index in [-0.39, 0.29) is 25.2 Å². The zero-order valence-corrected chi connectivity index (χ0v) is 41.9. The molecule has 0 saturated carbocycles. The van der Waals surface area contributed by atoms with Gasteiger partial charge in [-0.2, -0.15) is 0 Å². The molecule has 0 aromatic rings. The summed E-state index contributed by atoms with van der Waals surface area (Å²) < 4.78 is 17.5. The first-order valence-corrected chi connectivity index (χ1v) is 27.5. The van der Waals surface area contributed by atoms with Gasteiger partial charge in [-0.25, -0.2) is 0 Å². The molecule has 62 heavy (non-hydrogen) atoms. The van der Waals surface area contributed by atoms with Crippen LogP contribution in [0.15, 0.2) is 36.5 Å². The van der Waals surface area contributed by atoms with Crippen molar-refractivity contribution in [1.29, 1.82) is 0 Å². The Labute approximate surface area is 387 Å². The minimum atomic E-state index is -0.406. The average Bonchev–Trinajstić information content (AvgIpc) is 3.28. The van der Waals surface area contributed by atoms with Crippen LogP contribution in [0.1, 0.15) is 290 Å². The second kappa shape index (κ2) is 53.5. The van der Waals surface area contributed by atoms with Gasteiger partial charge in [0, 0.05) is 19.4 Å². The summed E-state index contributed by atoms with van der Waals surface area (Å²) in [7, 11) is 0. The number of hydrogen-bond donors (Lipinski definition) is 0. The van der Waals surface area contributed by atoms with Crippen molar-refractivity contribution in [3.8, 4) is 0 Å². The van der Waals surface area contributed by atoms with Crippen LogP contribution in [-0.4, -0.2) is 37.9 Å². The van der Waals surface area contributed by atoms with Crippen LogP contribution in [0.2, 0.25) is 0 Å². The number of unbranched alkanes of at least 4 members (excludes halogenated alkanes) is 34. The largest absolute Gasteiger partial charge is 0.463 e. The van der Waals surface area contributed by atoms with Crippen molar-refractivity contribution in [1.82, 2.24) is 0 Å². The van der Waals surface area contributed by atoms with E-state index in [2.05, 4.69) is 57.2 Å². The van der Waals surface area contributed by atoms with Crippen LogP contribution in [0.5, 0.6) is 0 Å². The highest BCUT2D eigenvalue weighted by Gasteiger charge is 2.16. The van der Waals surface area contributed by atoms with Gasteiger partial charge < -0.3 is 14.2 Å². The van der Waals surface area contributed by atoms with Crippen molar-refractivity contribution < 1.29 is 23.8 Å². The molecule has 5 heteroatoms. The maximum absolute atomic E-state index is 12.6. The summed E-state index contributed by atoms with van der Waals surface area (Å²) in [6.45, 7) is 7.71. The van der Waals surface area contributed by atoms with Crippen LogP contribution >= 0.6 is 0 Å². The molecule has 0 N–H and O–H groups in total. The van der Waals surface area contributed by atoms with E-state index in [4.69, 9.17) is 14.2 Å². The Morgan fingerprint density at radius 3 is 0.984 bits per heavy atom. The molecule has 0 spiro atoms. The third kappa shape index (κ3) is 50.8. The lowest BCUT2D eigenvalue weighted by Crippen LogP contribution is -2.29. The number of allylic oxidation sites excluding steroid dienone is 6. The fraction of sp³-hybridized carbons (Fsp3) is 0.860. The Balaban J connectivity index is 4.26.